The molecule has 0 saturated carbocycles. The SMILES string of the molecule is Fc1cccc(C2OCCO2)c1C(F)C(F)F. The fourth-order valence-electron chi connectivity index (χ4n) is 1.71. The first-order chi connectivity index (χ1) is 8.11. The van der Waals surface area contributed by atoms with E-state index in [0.29, 0.717) is 0 Å². The van der Waals surface area contributed by atoms with Crippen LogP contribution in [0.1, 0.15) is 23.6 Å². The number of ether oxygens (including phenoxy) is 2. The van der Waals surface area contributed by atoms with Gasteiger partial charge in [-0.3, -0.25) is 0 Å². The maximum Gasteiger partial charge on any atom is 0.273 e. The normalized spacial score (nSPS) is 18.9. The van der Waals surface area contributed by atoms with E-state index in [2.05, 4.69) is 0 Å². The second-order valence-electron chi connectivity index (χ2n) is 3.55. The molecule has 1 atom stereocenters. The highest BCUT2D eigenvalue weighted by Crippen LogP contribution is 2.35. The fraction of sp³-hybridized carbons (Fsp3) is 0.455. The second kappa shape index (κ2) is 5.01. The van der Waals surface area contributed by atoms with E-state index in [1.807, 2.05) is 0 Å². The van der Waals surface area contributed by atoms with Gasteiger partial charge in [-0.1, -0.05) is 12.1 Å². The topological polar surface area (TPSA) is 18.5 Å². The minimum absolute atomic E-state index is 0.0182. The van der Waals surface area contributed by atoms with Gasteiger partial charge in [-0.2, -0.15) is 0 Å². The molecular weight excluding hydrogens is 240 g/mol. The molecule has 0 amide bonds. The van der Waals surface area contributed by atoms with Crippen LogP contribution in [0.15, 0.2) is 18.2 Å². The Balaban J connectivity index is 2.40. The molecule has 1 unspecified atom stereocenters. The van der Waals surface area contributed by atoms with Gasteiger partial charge in [0.1, 0.15) is 5.82 Å². The van der Waals surface area contributed by atoms with Crippen LogP contribution in [0.25, 0.3) is 0 Å². The summed E-state index contributed by atoms with van der Waals surface area (Å²) in [5, 5.41) is 0. The zero-order valence-corrected chi connectivity index (χ0v) is 8.71. The Hall–Kier alpha value is -1.14. The number of rotatable bonds is 3. The molecular formula is C11H10F4O2. The third-order valence-electron chi connectivity index (χ3n) is 2.46. The monoisotopic (exact) mass is 250 g/mol. The molecule has 0 aliphatic carbocycles. The lowest BCUT2D eigenvalue weighted by Crippen LogP contribution is -2.12. The predicted molar refractivity (Wildman–Crippen MR) is 50.9 cm³/mol. The molecule has 0 N–H and O–H groups in total. The van der Waals surface area contributed by atoms with E-state index < -0.39 is 30.3 Å². The van der Waals surface area contributed by atoms with Gasteiger partial charge in [-0.15, -0.1) is 0 Å². The van der Waals surface area contributed by atoms with Crippen molar-refractivity contribution < 1.29 is 27.0 Å². The number of benzene rings is 1. The summed E-state index contributed by atoms with van der Waals surface area (Å²) in [5.74, 6) is -1.02. The average Bonchev–Trinajstić information content (AvgIpc) is 2.81. The lowest BCUT2D eigenvalue weighted by molar-refractivity contribution is -0.0473. The minimum atomic E-state index is -3.29. The van der Waals surface area contributed by atoms with Crippen molar-refractivity contribution in [2.45, 2.75) is 18.9 Å². The maximum atomic E-state index is 13.4. The first-order valence-electron chi connectivity index (χ1n) is 5.05. The lowest BCUT2D eigenvalue weighted by atomic mass is 10.0. The van der Waals surface area contributed by atoms with Crippen LogP contribution in [-0.4, -0.2) is 19.6 Å². The van der Waals surface area contributed by atoms with E-state index in [4.69, 9.17) is 9.47 Å². The molecule has 2 nitrogen and oxygen atoms in total. The largest absolute Gasteiger partial charge is 0.346 e. The first kappa shape index (κ1) is 12.3. The zero-order valence-electron chi connectivity index (χ0n) is 8.71. The summed E-state index contributed by atoms with van der Waals surface area (Å²) in [6.45, 7) is 0.540. The Kier molecular flexibility index (Phi) is 3.63. The van der Waals surface area contributed by atoms with E-state index >= 15 is 0 Å². The van der Waals surface area contributed by atoms with Crippen LogP contribution in [-0.2, 0) is 9.47 Å². The minimum Gasteiger partial charge on any atom is -0.346 e. The van der Waals surface area contributed by atoms with Gasteiger partial charge < -0.3 is 9.47 Å². The summed E-state index contributed by atoms with van der Waals surface area (Å²) in [6.07, 6.45) is -6.94. The van der Waals surface area contributed by atoms with Crippen LogP contribution in [0.4, 0.5) is 17.6 Å². The third kappa shape index (κ3) is 2.42. The van der Waals surface area contributed by atoms with E-state index in [1.54, 1.807) is 0 Å². The Labute approximate surface area is 95.1 Å². The van der Waals surface area contributed by atoms with Crippen LogP contribution >= 0.6 is 0 Å². The van der Waals surface area contributed by atoms with Gasteiger partial charge in [0, 0.05) is 11.1 Å². The molecule has 0 spiro atoms. The van der Waals surface area contributed by atoms with Crippen molar-refractivity contribution in [2.24, 2.45) is 0 Å². The van der Waals surface area contributed by atoms with Crippen LogP contribution in [0.5, 0.6) is 0 Å². The van der Waals surface area contributed by atoms with Gasteiger partial charge in [0.2, 0.25) is 0 Å². The first-order valence-corrected chi connectivity index (χ1v) is 5.05. The summed E-state index contributed by atoms with van der Waals surface area (Å²) in [6, 6.07) is 3.56. The van der Waals surface area contributed by atoms with Crippen LogP contribution in [0.2, 0.25) is 0 Å². The van der Waals surface area contributed by atoms with Gasteiger partial charge in [0.25, 0.3) is 6.43 Å². The predicted octanol–water partition coefficient (Wildman–Crippen LogP) is 3.15. The highest BCUT2D eigenvalue weighted by atomic mass is 19.3. The van der Waals surface area contributed by atoms with Crippen LogP contribution in [0.3, 0.4) is 0 Å². The van der Waals surface area contributed by atoms with Gasteiger partial charge in [-0.05, 0) is 6.07 Å². The molecule has 1 aliphatic rings. The van der Waals surface area contributed by atoms with E-state index in [0.717, 1.165) is 6.07 Å². The maximum absolute atomic E-state index is 13.4. The fourth-order valence-corrected chi connectivity index (χ4v) is 1.71. The summed E-state index contributed by atoms with van der Waals surface area (Å²) >= 11 is 0. The zero-order chi connectivity index (χ0) is 12.4. The van der Waals surface area contributed by atoms with Crippen molar-refractivity contribution in [3.8, 4) is 0 Å². The van der Waals surface area contributed by atoms with Gasteiger partial charge in [-0.25, -0.2) is 17.6 Å². The quantitative estimate of drug-likeness (QED) is 0.767. The van der Waals surface area contributed by atoms with E-state index in [-0.39, 0.29) is 18.8 Å². The van der Waals surface area contributed by atoms with Gasteiger partial charge >= 0.3 is 0 Å². The Morgan fingerprint density at radius 2 is 1.76 bits per heavy atom. The van der Waals surface area contributed by atoms with Crippen molar-refractivity contribution in [1.82, 2.24) is 0 Å². The van der Waals surface area contributed by atoms with Crippen molar-refractivity contribution >= 4 is 0 Å². The highest BCUT2D eigenvalue weighted by molar-refractivity contribution is 5.32. The number of alkyl halides is 3. The van der Waals surface area contributed by atoms with E-state index in [1.165, 1.54) is 12.1 Å². The number of halogens is 4. The molecule has 2 rings (SSSR count). The molecule has 94 valence electrons. The van der Waals surface area contributed by atoms with Crippen molar-refractivity contribution in [3.63, 3.8) is 0 Å². The van der Waals surface area contributed by atoms with Crippen molar-refractivity contribution in [2.75, 3.05) is 13.2 Å². The summed E-state index contributed by atoms with van der Waals surface area (Å²) in [7, 11) is 0. The summed E-state index contributed by atoms with van der Waals surface area (Å²) in [5.41, 5.74) is -0.704. The molecule has 1 heterocycles. The standard InChI is InChI=1S/C11H10F4O2/c12-7-3-1-2-6(11-16-4-5-17-11)8(7)9(13)10(14)15/h1-3,9-11H,4-5H2. The van der Waals surface area contributed by atoms with Crippen LogP contribution in [0, 0.1) is 5.82 Å². The molecule has 1 aliphatic heterocycles. The highest BCUT2D eigenvalue weighted by Gasteiger charge is 2.32. The summed E-state index contributed by atoms with van der Waals surface area (Å²) in [4.78, 5) is 0. The molecule has 6 heteroatoms. The van der Waals surface area contributed by atoms with Crippen molar-refractivity contribution in [3.05, 3.63) is 35.1 Å². The molecule has 0 radical (unpaired) electrons. The number of hydrogen-bond acceptors (Lipinski definition) is 2. The summed E-state index contributed by atoms with van der Waals surface area (Å²) < 4.78 is 61.6. The van der Waals surface area contributed by atoms with E-state index in [9.17, 15) is 17.6 Å². The second-order valence-corrected chi connectivity index (χ2v) is 3.55. The number of hydrogen-bond donors (Lipinski definition) is 0. The smallest absolute Gasteiger partial charge is 0.273 e. The third-order valence-corrected chi connectivity index (χ3v) is 2.46. The lowest BCUT2D eigenvalue weighted by Gasteiger charge is -2.17. The van der Waals surface area contributed by atoms with Crippen LogP contribution < -0.4 is 0 Å². The molecule has 1 aromatic carbocycles. The molecule has 1 aromatic rings. The Morgan fingerprint density at radius 3 is 2.35 bits per heavy atom. The Morgan fingerprint density at radius 1 is 1.12 bits per heavy atom. The van der Waals surface area contributed by atoms with Gasteiger partial charge in [0.05, 0.1) is 13.2 Å². The molecule has 1 fully saturated rings. The molecule has 0 bridgehead atoms. The average molecular weight is 250 g/mol. The molecule has 1 saturated heterocycles. The van der Waals surface area contributed by atoms with Gasteiger partial charge in [0.15, 0.2) is 12.5 Å². The Bertz CT molecular complexity index is 391. The molecule has 17 heavy (non-hydrogen) atoms. The molecule has 0 aromatic heterocycles. The van der Waals surface area contributed by atoms with Crippen molar-refractivity contribution in [1.29, 1.82) is 0 Å².